The van der Waals surface area contributed by atoms with Gasteiger partial charge in [0, 0.05) is 12.6 Å². The van der Waals surface area contributed by atoms with Crippen molar-refractivity contribution in [2.24, 2.45) is 11.7 Å². The van der Waals surface area contributed by atoms with E-state index in [1.165, 1.54) is 0 Å². The molecule has 1 aliphatic rings. The van der Waals surface area contributed by atoms with Crippen molar-refractivity contribution in [2.45, 2.75) is 37.6 Å². The highest BCUT2D eigenvalue weighted by Gasteiger charge is 2.29. The van der Waals surface area contributed by atoms with Crippen molar-refractivity contribution < 1.29 is 14.7 Å². The lowest BCUT2D eigenvalue weighted by molar-refractivity contribution is -0.143. The molecule has 21 heavy (non-hydrogen) atoms. The molecule has 1 aromatic carbocycles. The summed E-state index contributed by atoms with van der Waals surface area (Å²) in [5, 5.41) is 12.1. The van der Waals surface area contributed by atoms with Crippen LogP contribution in [-0.4, -0.2) is 29.6 Å². The number of benzene rings is 1. The van der Waals surface area contributed by atoms with Crippen molar-refractivity contribution >= 4 is 11.9 Å². The van der Waals surface area contributed by atoms with Crippen LogP contribution >= 0.6 is 0 Å². The summed E-state index contributed by atoms with van der Waals surface area (Å²) in [6.07, 6.45) is 2.87. The van der Waals surface area contributed by atoms with Crippen LogP contribution in [0.5, 0.6) is 0 Å². The average molecular weight is 290 g/mol. The molecule has 0 bridgehead atoms. The third-order valence-corrected chi connectivity index (χ3v) is 4.12. The van der Waals surface area contributed by atoms with Crippen molar-refractivity contribution in [1.29, 1.82) is 0 Å². The fourth-order valence-electron chi connectivity index (χ4n) is 2.93. The van der Waals surface area contributed by atoms with Crippen LogP contribution in [0, 0.1) is 5.92 Å². The number of aliphatic carboxylic acids is 1. The Balaban J connectivity index is 1.98. The molecular formula is C16H22N2O3. The molecule has 1 aromatic rings. The minimum atomic E-state index is -0.771. The summed E-state index contributed by atoms with van der Waals surface area (Å²) in [6, 6.07) is 9.37. The van der Waals surface area contributed by atoms with Gasteiger partial charge < -0.3 is 16.2 Å². The third-order valence-electron chi connectivity index (χ3n) is 4.12. The van der Waals surface area contributed by atoms with Crippen LogP contribution in [0.15, 0.2) is 30.3 Å². The highest BCUT2D eigenvalue weighted by Crippen LogP contribution is 2.25. The summed E-state index contributed by atoms with van der Waals surface area (Å²) < 4.78 is 0. The van der Waals surface area contributed by atoms with E-state index in [0.717, 1.165) is 18.4 Å². The first kappa shape index (κ1) is 15.5. The van der Waals surface area contributed by atoms with Gasteiger partial charge in [0.15, 0.2) is 0 Å². The zero-order valence-corrected chi connectivity index (χ0v) is 12.0. The van der Waals surface area contributed by atoms with Crippen molar-refractivity contribution in [2.75, 3.05) is 6.54 Å². The molecule has 5 heteroatoms. The topological polar surface area (TPSA) is 92.4 Å². The fourth-order valence-corrected chi connectivity index (χ4v) is 2.93. The summed E-state index contributed by atoms with van der Waals surface area (Å²) in [7, 11) is 0. The summed E-state index contributed by atoms with van der Waals surface area (Å²) in [4.78, 5) is 23.4. The van der Waals surface area contributed by atoms with Gasteiger partial charge in [0.05, 0.1) is 11.8 Å². The van der Waals surface area contributed by atoms with Crippen molar-refractivity contribution in [3.8, 4) is 0 Å². The number of carbonyl (C=O) groups is 2. The summed E-state index contributed by atoms with van der Waals surface area (Å²) in [6.45, 7) is 0.241. The number of rotatable bonds is 5. The van der Waals surface area contributed by atoms with E-state index < -0.39 is 5.97 Å². The molecule has 0 aromatic heterocycles. The third kappa shape index (κ3) is 4.04. The zero-order valence-electron chi connectivity index (χ0n) is 12.0. The van der Waals surface area contributed by atoms with Crippen molar-refractivity contribution in [1.82, 2.24) is 5.32 Å². The molecule has 1 saturated carbocycles. The van der Waals surface area contributed by atoms with E-state index in [-0.39, 0.29) is 30.3 Å². The van der Waals surface area contributed by atoms with Gasteiger partial charge in [0.1, 0.15) is 0 Å². The standard InChI is InChI=1S/C16H22N2O3/c17-10-14(11-5-2-1-3-6-11)15(19)18-13-8-4-7-12(9-13)16(20)21/h1-3,5-6,12-14H,4,7-10,17H2,(H,18,19)(H,20,21). The molecule has 1 fully saturated rings. The highest BCUT2D eigenvalue weighted by atomic mass is 16.4. The van der Waals surface area contributed by atoms with Gasteiger partial charge in [-0.25, -0.2) is 0 Å². The van der Waals surface area contributed by atoms with Gasteiger partial charge in [-0.3, -0.25) is 9.59 Å². The number of carboxylic acids is 1. The predicted molar refractivity (Wildman–Crippen MR) is 79.8 cm³/mol. The molecular weight excluding hydrogens is 268 g/mol. The monoisotopic (exact) mass is 290 g/mol. The molecule has 0 heterocycles. The Kier molecular flexibility index (Phi) is 5.33. The van der Waals surface area contributed by atoms with E-state index in [9.17, 15) is 9.59 Å². The summed E-state index contributed by atoms with van der Waals surface area (Å²) in [5.41, 5.74) is 6.62. The van der Waals surface area contributed by atoms with Crippen LogP contribution in [0.4, 0.5) is 0 Å². The first-order valence-electron chi connectivity index (χ1n) is 7.40. The lowest BCUT2D eigenvalue weighted by atomic mass is 9.85. The molecule has 5 nitrogen and oxygen atoms in total. The Morgan fingerprint density at radius 2 is 2.00 bits per heavy atom. The first-order valence-corrected chi connectivity index (χ1v) is 7.40. The van der Waals surface area contributed by atoms with E-state index in [1.807, 2.05) is 30.3 Å². The van der Waals surface area contributed by atoms with Crippen LogP contribution in [0.25, 0.3) is 0 Å². The summed E-state index contributed by atoms with van der Waals surface area (Å²) >= 11 is 0. The van der Waals surface area contributed by atoms with E-state index in [0.29, 0.717) is 12.8 Å². The normalized spacial score (nSPS) is 23.3. The molecule has 114 valence electrons. The van der Waals surface area contributed by atoms with E-state index in [4.69, 9.17) is 10.8 Å². The molecule has 0 radical (unpaired) electrons. The van der Waals surface area contributed by atoms with Gasteiger partial charge in [-0.1, -0.05) is 36.8 Å². The molecule has 4 N–H and O–H groups in total. The molecule has 1 amide bonds. The van der Waals surface area contributed by atoms with Gasteiger partial charge in [-0.05, 0) is 24.8 Å². The largest absolute Gasteiger partial charge is 0.481 e. The number of amides is 1. The van der Waals surface area contributed by atoms with Gasteiger partial charge in [0.25, 0.3) is 0 Å². The van der Waals surface area contributed by atoms with Gasteiger partial charge in [0.2, 0.25) is 5.91 Å². The Labute approximate surface area is 124 Å². The molecule has 1 aliphatic carbocycles. The van der Waals surface area contributed by atoms with Crippen LogP contribution in [0.1, 0.15) is 37.2 Å². The lowest BCUT2D eigenvalue weighted by Gasteiger charge is -2.28. The predicted octanol–water partition coefficient (Wildman–Crippen LogP) is 1.49. The molecule has 2 rings (SSSR count). The maximum absolute atomic E-state index is 12.4. The molecule has 0 aliphatic heterocycles. The fraction of sp³-hybridized carbons (Fsp3) is 0.500. The molecule has 0 spiro atoms. The number of nitrogens with two attached hydrogens (primary N) is 1. The number of carboxylic acid groups (broad SMARTS) is 1. The van der Waals surface area contributed by atoms with Gasteiger partial charge in [-0.2, -0.15) is 0 Å². The maximum Gasteiger partial charge on any atom is 0.306 e. The second-order valence-electron chi connectivity index (χ2n) is 5.61. The number of hydrogen-bond acceptors (Lipinski definition) is 3. The first-order chi connectivity index (χ1) is 10.1. The van der Waals surface area contributed by atoms with Crippen molar-refractivity contribution in [3.63, 3.8) is 0 Å². The van der Waals surface area contributed by atoms with Crippen LogP contribution in [0.3, 0.4) is 0 Å². The van der Waals surface area contributed by atoms with Crippen molar-refractivity contribution in [3.05, 3.63) is 35.9 Å². The van der Waals surface area contributed by atoms with E-state index in [1.54, 1.807) is 0 Å². The maximum atomic E-state index is 12.4. The molecule has 3 unspecified atom stereocenters. The quantitative estimate of drug-likeness (QED) is 0.766. The second kappa shape index (κ2) is 7.22. The Hall–Kier alpha value is -1.88. The average Bonchev–Trinajstić information content (AvgIpc) is 2.49. The minimum absolute atomic E-state index is 0.0647. The van der Waals surface area contributed by atoms with Gasteiger partial charge >= 0.3 is 5.97 Å². The SMILES string of the molecule is NCC(C(=O)NC1CCCC(C(=O)O)C1)c1ccccc1. The zero-order chi connectivity index (χ0) is 15.2. The number of nitrogens with one attached hydrogen (secondary N) is 1. The smallest absolute Gasteiger partial charge is 0.306 e. The summed E-state index contributed by atoms with van der Waals surface area (Å²) in [5.74, 6) is -1.61. The highest BCUT2D eigenvalue weighted by molar-refractivity contribution is 5.84. The van der Waals surface area contributed by atoms with Gasteiger partial charge in [-0.15, -0.1) is 0 Å². The van der Waals surface area contributed by atoms with Crippen LogP contribution in [0.2, 0.25) is 0 Å². The Morgan fingerprint density at radius 1 is 1.29 bits per heavy atom. The minimum Gasteiger partial charge on any atom is -0.481 e. The van der Waals surface area contributed by atoms with Crippen LogP contribution < -0.4 is 11.1 Å². The number of carbonyl (C=O) groups excluding carboxylic acids is 1. The Morgan fingerprint density at radius 3 is 2.62 bits per heavy atom. The molecule has 3 atom stereocenters. The second-order valence-corrected chi connectivity index (χ2v) is 5.61. The molecule has 0 saturated heterocycles. The number of hydrogen-bond donors (Lipinski definition) is 3. The van der Waals surface area contributed by atoms with Crippen LogP contribution in [-0.2, 0) is 9.59 Å². The lowest BCUT2D eigenvalue weighted by Crippen LogP contribution is -2.43. The Bertz CT molecular complexity index is 490. The van der Waals surface area contributed by atoms with E-state index >= 15 is 0 Å². The van der Waals surface area contributed by atoms with E-state index in [2.05, 4.69) is 5.32 Å².